The molecule has 1 atom stereocenters. The number of rotatable bonds is 4. The minimum Gasteiger partial charge on any atom is -0.382 e. The van der Waals surface area contributed by atoms with Gasteiger partial charge in [-0.1, -0.05) is 24.3 Å². The molecule has 0 spiro atoms. The first-order valence-electron chi connectivity index (χ1n) is 5.96. The molecule has 2 rings (SSSR count). The quantitative estimate of drug-likeness (QED) is 0.903. The Hall–Kier alpha value is -1.75. The van der Waals surface area contributed by atoms with Crippen molar-refractivity contribution < 1.29 is 9.50 Å². The second kappa shape index (κ2) is 5.27. The molecule has 1 N–H and O–H groups in total. The minimum absolute atomic E-state index is 0.318. The molecule has 0 fully saturated rings. The second-order valence-electron chi connectivity index (χ2n) is 4.29. The lowest BCUT2D eigenvalue weighted by molar-refractivity contribution is 0.207. The molecule has 0 saturated heterocycles. The van der Waals surface area contributed by atoms with E-state index in [-0.39, 0.29) is 5.82 Å². The van der Waals surface area contributed by atoms with Crippen molar-refractivity contribution in [1.29, 1.82) is 0 Å². The van der Waals surface area contributed by atoms with Crippen LogP contribution in [0.4, 0.5) is 4.39 Å². The molecule has 96 valence electrons. The summed E-state index contributed by atoms with van der Waals surface area (Å²) in [5, 5.41) is 17.9. The van der Waals surface area contributed by atoms with E-state index in [1.807, 2.05) is 6.92 Å². The molecule has 0 saturated carbocycles. The Morgan fingerprint density at radius 3 is 2.89 bits per heavy atom. The van der Waals surface area contributed by atoms with E-state index in [1.54, 1.807) is 23.7 Å². The van der Waals surface area contributed by atoms with Crippen LogP contribution >= 0.6 is 0 Å². The summed E-state index contributed by atoms with van der Waals surface area (Å²) in [5.74, 6) is -0.318. The number of aliphatic hydroxyl groups is 1. The van der Waals surface area contributed by atoms with E-state index in [0.29, 0.717) is 23.4 Å². The summed E-state index contributed by atoms with van der Waals surface area (Å²) in [6.45, 7) is 4.39. The number of hydrogen-bond acceptors (Lipinski definition) is 3. The van der Waals surface area contributed by atoms with Gasteiger partial charge in [0.2, 0.25) is 0 Å². The highest BCUT2D eigenvalue weighted by atomic mass is 19.1. The van der Waals surface area contributed by atoms with Crippen LogP contribution in [0.5, 0.6) is 0 Å². The molecule has 0 aliphatic rings. The van der Waals surface area contributed by atoms with Crippen molar-refractivity contribution in [3.05, 3.63) is 47.0 Å². The number of hydrogen-bond donors (Lipinski definition) is 1. The van der Waals surface area contributed by atoms with Crippen molar-refractivity contribution in [2.24, 2.45) is 0 Å². The maximum Gasteiger partial charge on any atom is 0.126 e. The highest BCUT2D eigenvalue weighted by molar-refractivity contribution is 5.28. The van der Waals surface area contributed by atoms with Gasteiger partial charge >= 0.3 is 0 Å². The fourth-order valence-corrected chi connectivity index (χ4v) is 1.81. The number of halogens is 1. The maximum atomic E-state index is 13.5. The Labute approximate surface area is 105 Å². The molecule has 0 radical (unpaired) electrons. The summed E-state index contributed by atoms with van der Waals surface area (Å²) in [5.41, 5.74) is 1.66. The van der Waals surface area contributed by atoms with E-state index in [4.69, 9.17) is 0 Å². The summed E-state index contributed by atoms with van der Waals surface area (Å²) in [6.07, 6.45) is 1.50. The lowest BCUT2D eigenvalue weighted by Gasteiger charge is -2.13. The first kappa shape index (κ1) is 12.7. The van der Waals surface area contributed by atoms with E-state index >= 15 is 0 Å². The van der Waals surface area contributed by atoms with Crippen LogP contribution in [0.2, 0.25) is 0 Å². The molecule has 0 bridgehead atoms. The summed E-state index contributed by atoms with van der Waals surface area (Å²) >= 11 is 0. The molecule has 1 heterocycles. The van der Waals surface area contributed by atoms with Crippen LogP contribution < -0.4 is 0 Å². The van der Waals surface area contributed by atoms with E-state index in [0.717, 1.165) is 6.42 Å². The zero-order valence-electron chi connectivity index (χ0n) is 10.5. The van der Waals surface area contributed by atoms with Crippen LogP contribution in [-0.4, -0.2) is 20.1 Å². The maximum absolute atomic E-state index is 13.5. The largest absolute Gasteiger partial charge is 0.382 e. The molecule has 1 aromatic carbocycles. The highest BCUT2D eigenvalue weighted by Gasteiger charge is 2.17. The molecule has 1 aromatic heterocycles. The third-order valence-corrected chi connectivity index (χ3v) is 2.87. The number of aliphatic hydroxyl groups excluding tert-OH is 1. The van der Waals surface area contributed by atoms with Gasteiger partial charge in [-0.05, 0) is 30.5 Å². The Morgan fingerprint density at radius 1 is 1.44 bits per heavy atom. The molecule has 0 aliphatic carbocycles. The van der Waals surface area contributed by atoms with Gasteiger partial charge in [0.05, 0.1) is 11.9 Å². The summed E-state index contributed by atoms with van der Waals surface area (Å²) in [7, 11) is 0. The lowest BCUT2D eigenvalue weighted by atomic mass is 10.0. The fourth-order valence-electron chi connectivity index (χ4n) is 1.81. The predicted molar refractivity (Wildman–Crippen MR) is 65.5 cm³/mol. The molecule has 4 nitrogen and oxygen atoms in total. The van der Waals surface area contributed by atoms with Crippen LogP contribution in [0, 0.1) is 12.7 Å². The summed E-state index contributed by atoms with van der Waals surface area (Å²) in [6, 6.07) is 4.72. The summed E-state index contributed by atoms with van der Waals surface area (Å²) in [4.78, 5) is 0. The van der Waals surface area contributed by atoms with Gasteiger partial charge in [0.1, 0.15) is 11.9 Å². The Bertz CT molecular complexity index is 539. The SMILES string of the molecule is CCCn1nncc1C(O)c1ccc(C)c(F)c1. The molecular formula is C13H16FN3O. The fraction of sp³-hybridized carbons (Fsp3) is 0.385. The molecule has 5 heteroatoms. The third kappa shape index (κ3) is 2.41. The van der Waals surface area contributed by atoms with Gasteiger partial charge in [-0.3, -0.25) is 0 Å². The number of aromatic nitrogens is 3. The van der Waals surface area contributed by atoms with Crippen molar-refractivity contribution in [2.45, 2.75) is 32.9 Å². The monoisotopic (exact) mass is 249 g/mol. The van der Waals surface area contributed by atoms with Crippen molar-refractivity contribution in [2.75, 3.05) is 0 Å². The molecule has 0 amide bonds. The van der Waals surface area contributed by atoms with Crippen molar-refractivity contribution in [1.82, 2.24) is 15.0 Å². The Kier molecular flexibility index (Phi) is 3.72. The highest BCUT2D eigenvalue weighted by Crippen LogP contribution is 2.22. The topological polar surface area (TPSA) is 50.9 Å². The van der Waals surface area contributed by atoms with E-state index in [2.05, 4.69) is 10.3 Å². The first-order valence-corrected chi connectivity index (χ1v) is 5.96. The van der Waals surface area contributed by atoms with E-state index < -0.39 is 6.10 Å². The van der Waals surface area contributed by atoms with Crippen molar-refractivity contribution in [3.8, 4) is 0 Å². The summed E-state index contributed by atoms with van der Waals surface area (Å²) < 4.78 is 15.1. The van der Waals surface area contributed by atoms with Crippen LogP contribution in [0.3, 0.4) is 0 Å². The van der Waals surface area contributed by atoms with Crippen LogP contribution in [0.25, 0.3) is 0 Å². The molecule has 18 heavy (non-hydrogen) atoms. The normalized spacial score (nSPS) is 12.7. The first-order chi connectivity index (χ1) is 8.63. The number of nitrogens with zero attached hydrogens (tertiary/aromatic N) is 3. The number of benzene rings is 1. The number of aryl methyl sites for hydroxylation is 2. The van der Waals surface area contributed by atoms with Crippen LogP contribution in [0.1, 0.15) is 36.3 Å². The predicted octanol–water partition coefficient (Wildman–Crippen LogP) is 2.22. The Balaban J connectivity index is 2.32. The van der Waals surface area contributed by atoms with Gasteiger partial charge in [0.25, 0.3) is 0 Å². The van der Waals surface area contributed by atoms with Gasteiger partial charge in [-0.25, -0.2) is 9.07 Å². The average Bonchev–Trinajstić information content (AvgIpc) is 2.80. The van der Waals surface area contributed by atoms with Gasteiger partial charge in [0, 0.05) is 6.54 Å². The average molecular weight is 249 g/mol. The van der Waals surface area contributed by atoms with Crippen molar-refractivity contribution in [3.63, 3.8) is 0 Å². The van der Waals surface area contributed by atoms with Gasteiger partial charge in [-0.2, -0.15) is 0 Å². The van der Waals surface area contributed by atoms with Gasteiger partial charge in [0.15, 0.2) is 0 Å². The van der Waals surface area contributed by atoms with Gasteiger partial charge < -0.3 is 5.11 Å². The third-order valence-electron chi connectivity index (χ3n) is 2.87. The van der Waals surface area contributed by atoms with E-state index in [9.17, 15) is 9.50 Å². The molecular weight excluding hydrogens is 233 g/mol. The van der Waals surface area contributed by atoms with Crippen LogP contribution in [0.15, 0.2) is 24.4 Å². The smallest absolute Gasteiger partial charge is 0.126 e. The van der Waals surface area contributed by atoms with Crippen molar-refractivity contribution >= 4 is 0 Å². The lowest BCUT2D eigenvalue weighted by Crippen LogP contribution is -2.10. The zero-order valence-corrected chi connectivity index (χ0v) is 10.5. The zero-order chi connectivity index (χ0) is 13.1. The second-order valence-corrected chi connectivity index (χ2v) is 4.29. The standard InChI is InChI=1S/C13H16FN3O/c1-3-6-17-12(8-15-16-17)13(18)10-5-4-9(2)11(14)7-10/h4-5,7-8,13,18H,3,6H2,1-2H3. The molecule has 0 aliphatic heterocycles. The molecule has 2 aromatic rings. The minimum atomic E-state index is -0.901. The molecule has 1 unspecified atom stereocenters. The Morgan fingerprint density at radius 2 is 2.22 bits per heavy atom. The van der Waals surface area contributed by atoms with Gasteiger partial charge in [-0.15, -0.1) is 5.10 Å². The van der Waals surface area contributed by atoms with Crippen LogP contribution in [-0.2, 0) is 6.54 Å². The van der Waals surface area contributed by atoms with E-state index in [1.165, 1.54) is 12.3 Å².